The molecule has 2 nitrogen and oxygen atoms in total. The normalized spacial score (nSPS) is 13.7. The summed E-state index contributed by atoms with van der Waals surface area (Å²) in [6.45, 7) is 7.67. The molecule has 0 aromatic rings. The van der Waals surface area contributed by atoms with E-state index in [9.17, 15) is 0 Å². The number of nitrogens with one attached hydrogen (secondary N) is 2. The summed E-state index contributed by atoms with van der Waals surface area (Å²) in [5, 5.41) is 6.43. The SMILES string of the molecule is CCNC[C@H](C)CNC. The van der Waals surface area contributed by atoms with Gasteiger partial charge < -0.3 is 10.6 Å². The zero-order valence-corrected chi connectivity index (χ0v) is 6.70. The van der Waals surface area contributed by atoms with Gasteiger partial charge in [-0.3, -0.25) is 0 Å². The minimum atomic E-state index is 0.745. The Bertz CT molecular complexity index is 54.9. The molecule has 2 heteroatoms. The van der Waals surface area contributed by atoms with Crippen LogP contribution in [-0.2, 0) is 0 Å². The first-order valence-corrected chi connectivity index (χ1v) is 3.66. The van der Waals surface area contributed by atoms with Crippen LogP contribution in [0.25, 0.3) is 0 Å². The highest BCUT2D eigenvalue weighted by molar-refractivity contribution is 4.56. The van der Waals surface area contributed by atoms with Crippen LogP contribution in [0, 0.1) is 5.92 Å². The van der Waals surface area contributed by atoms with Crippen molar-refractivity contribution in [1.29, 1.82) is 0 Å². The molecule has 1 atom stereocenters. The van der Waals surface area contributed by atoms with E-state index >= 15 is 0 Å². The minimum Gasteiger partial charge on any atom is -0.319 e. The molecule has 0 radical (unpaired) electrons. The van der Waals surface area contributed by atoms with Crippen molar-refractivity contribution >= 4 is 0 Å². The third kappa shape index (κ3) is 5.80. The van der Waals surface area contributed by atoms with Gasteiger partial charge in [0.25, 0.3) is 0 Å². The van der Waals surface area contributed by atoms with E-state index in [4.69, 9.17) is 0 Å². The molecule has 2 N–H and O–H groups in total. The fourth-order valence-electron chi connectivity index (χ4n) is 0.811. The van der Waals surface area contributed by atoms with E-state index in [1.54, 1.807) is 0 Å². The zero-order chi connectivity index (χ0) is 7.11. The van der Waals surface area contributed by atoms with E-state index in [1.165, 1.54) is 0 Å². The van der Waals surface area contributed by atoms with Gasteiger partial charge in [0.1, 0.15) is 0 Å². The van der Waals surface area contributed by atoms with E-state index in [0.29, 0.717) is 0 Å². The van der Waals surface area contributed by atoms with Crippen LogP contribution in [0.4, 0.5) is 0 Å². The van der Waals surface area contributed by atoms with Crippen LogP contribution in [0.15, 0.2) is 0 Å². The molecular formula is C7H18N2. The topological polar surface area (TPSA) is 24.1 Å². The van der Waals surface area contributed by atoms with E-state index in [1.807, 2.05) is 7.05 Å². The van der Waals surface area contributed by atoms with Crippen molar-refractivity contribution in [3.8, 4) is 0 Å². The van der Waals surface area contributed by atoms with Crippen molar-refractivity contribution < 1.29 is 0 Å². The highest BCUT2D eigenvalue weighted by Gasteiger charge is 1.96. The highest BCUT2D eigenvalue weighted by atomic mass is 14.9. The molecule has 0 bridgehead atoms. The molecule has 0 aromatic heterocycles. The Labute approximate surface area is 58.0 Å². The third-order valence-corrected chi connectivity index (χ3v) is 1.30. The van der Waals surface area contributed by atoms with Gasteiger partial charge in [-0.05, 0) is 32.6 Å². The summed E-state index contributed by atoms with van der Waals surface area (Å²) < 4.78 is 0. The van der Waals surface area contributed by atoms with Crippen molar-refractivity contribution in [3.63, 3.8) is 0 Å². The summed E-state index contributed by atoms with van der Waals surface area (Å²) in [6, 6.07) is 0. The molecule has 0 saturated heterocycles. The first-order chi connectivity index (χ1) is 4.31. The van der Waals surface area contributed by atoms with Gasteiger partial charge in [-0.1, -0.05) is 13.8 Å². The van der Waals surface area contributed by atoms with Gasteiger partial charge >= 0.3 is 0 Å². The summed E-state index contributed by atoms with van der Waals surface area (Å²) in [4.78, 5) is 0. The summed E-state index contributed by atoms with van der Waals surface area (Å²) in [5.74, 6) is 0.745. The van der Waals surface area contributed by atoms with Crippen LogP contribution in [0.5, 0.6) is 0 Å². The van der Waals surface area contributed by atoms with E-state index in [0.717, 1.165) is 25.6 Å². The Morgan fingerprint density at radius 3 is 2.44 bits per heavy atom. The third-order valence-electron chi connectivity index (χ3n) is 1.30. The number of hydrogen-bond acceptors (Lipinski definition) is 2. The Balaban J connectivity index is 2.95. The molecule has 0 aliphatic rings. The van der Waals surface area contributed by atoms with Gasteiger partial charge in [0.2, 0.25) is 0 Å². The molecule has 0 aromatic carbocycles. The van der Waals surface area contributed by atoms with Crippen molar-refractivity contribution in [2.75, 3.05) is 26.7 Å². The second kappa shape index (κ2) is 6.05. The predicted molar refractivity (Wildman–Crippen MR) is 41.6 cm³/mol. The summed E-state index contributed by atoms with van der Waals surface area (Å²) >= 11 is 0. The number of hydrogen-bond donors (Lipinski definition) is 2. The smallest absolute Gasteiger partial charge is 0.00111 e. The van der Waals surface area contributed by atoms with Gasteiger partial charge in [0, 0.05) is 0 Å². The fraction of sp³-hybridized carbons (Fsp3) is 1.00. The monoisotopic (exact) mass is 130 g/mol. The molecule has 0 unspecified atom stereocenters. The largest absolute Gasteiger partial charge is 0.319 e. The first kappa shape index (κ1) is 8.92. The lowest BCUT2D eigenvalue weighted by molar-refractivity contribution is 0.500. The molecule has 0 aliphatic heterocycles. The lowest BCUT2D eigenvalue weighted by Crippen LogP contribution is -2.27. The fourth-order valence-corrected chi connectivity index (χ4v) is 0.811. The molecule has 9 heavy (non-hydrogen) atoms. The lowest BCUT2D eigenvalue weighted by Gasteiger charge is -2.09. The van der Waals surface area contributed by atoms with Crippen LogP contribution >= 0.6 is 0 Å². The van der Waals surface area contributed by atoms with Gasteiger partial charge in [0.05, 0.1) is 0 Å². The predicted octanol–water partition coefficient (Wildman–Crippen LogP) is 0.451. The van der Waals surface area contributed by atoms with Crippen LogP contribution in [0.3, 0.4) is 0 Å². The lowest BCUT2D eigenvalue weighted by atomic mass is 10.2. The molecule has 0 amide bonds. The molecule has 0 heterocycles. The van der Waals surface area contributed by atoms with Crippen LogP contribution in [0.1, 0.15) is 13.8 Å². The summed E-state index contributed by atoms with van der Waals surface area (Å²) in [7, 11) is 1.99. The van der Waals surface area contributed by atoms with E-state index in [2.05, 4.69) is 24.5 Å². The van der Waals surface area contributed by atoms with Gasteiger partial charge in [0.15, 0.2) is 0 Å². The maximum atomic E-state index is 3.29. The van der Waals surface area contributed by atoms with Crippen molar-refractivity contribution in [2.45, 2.75) is 13.8 Å². The van der Waals surface area contributed by atoms with Gasteiger partial charge in [-0.25, -0.2) is 0 Å². The average Bonchev–Trinajstić information content (AvgIpc) is 1.85. The van der Waals surface area contributed by atoms with Crippen LogP contribution in [0.2, 0.25) is 0 Å². The number of rotatable bonds is 5. The van der Waals surface area contributed by atoms with Gasteiger partial charge in [-0.15, -0.1) is 0 Å². The van der Waals surface area contributed by atoms with E-state index in [-0.39, 0.29) is 0 Å². The second-order valence-electron chi connectivity index (χ2n) is 2.47. The van der Waals surface area contributed by atoms with Crippen molar-refractivity contribution in [2.24, 2.45) is 5.92 Å². The molecule has 0 fully saturated rings. The molecule has 0 spiro atoms. The molecular weight excluding hydrogens is 112 g/mol. The first-order valence-electron chi connectivity index (χ1n) is 3.66. The molecule has 0 aliphatic carbocycles. The second-order valence-corrected chi connectivity index (χ2v) is 2.47. The van der Waals surface area contributed by atoms with Crippen molar-refractivity contribution in [1.82, 2.24) is 10.6 Å². The standard InChI is InChI=1S/C7H18N2/c1-4-9-6-7(2)5-8-3/h7-9H,4-6H2,1-3H3/t7-/m1/s1. The van der Waals surface area contributed by atoms with E-state index < -0.39 is 0 Å². The molecule has 0 rings (SSSR count). The Hall–Kier alpha value is -0.0800. The molecule has 0 saturated carbocycles. The summed E-state index contributed by atoms with van der Waals surface area (Å²) in [5.41, 5.74) is 0. The van der Waals surface area contributed by atoms with Crippen LogP contribution < -0.4 is 10.6 Å². The minimum absolute atomic E-state index is 0.745. The maximum absolute atomic E-state index is 3.29. The molecule has 56 valence electrons. The Morgan fingerprint density at radius 2 is 2.00 bits per heavy atom. The quantitative estimate of drug-likeness (QED) is 0.564. The van der Waals surface area contributed by atoms with Crippen LogP contribution in [-0.4, -0.2) is 26.7 Å². The maximum Gasteiger partial charge on any atom is -0.00111 e. The zero-order valence-electron chi connectivity index (χ0n) is 6.70. The Morgan fingerprint density at radius 1 is 1.33 bits per heavy atom. The average molecular weight is 130 g/mol. The highest BCUT2D eigenvalue weighted by Crippen LogP contribution is 1.87. The van der Waals surface area contributed by atoms with Gasteiger partial charge in [-0.2, -0.15) is 0 Å². The van der Waals surface area contributed by atoms with Crippen molar-refractivity contribution in [3.05, 3.63) is 0 Å². The Kier molecular flexibility index (Phi) is 5.99. The summed E-state index contributed by atoms with van der Waals surface area (Å²) in [6.07, 6.45) is 0.